The highest BCUT2D eigenvalue weighted by molar-refractivity contribution is 5.70. The van der Waals surface area contributed by atoms with Gasteiger partial charge in [0.2, 0.25) is 5.75 Å². The van der Waals surface area contributed by atoms with Gasteiger partial charge in [0.25, 0.3) is 5.69 Å². The van der Waals surface area contributed by atoms with Crippen molar-refractivity contribution in [2.75, 3.05) is 13.3 Å². The van der Waals surface area contributed by atoms with E-state index in [-0.39, 0.29) is 11.5 Å². The topological polar surface area (TPSA) is 122 Å². The number of rotatable bonds is 7. The van der Waals surface area contributed by atoms with E-state index in [9.17, 15) is 29.4 Å². The molecule has 1 atom stereocenters. The van der Waals surface area contributed by atoms with Gasteiger partial charge in [0.05, 0.1) is 15.9 Å². The predicted octanol–water partition coefficient (Wildman–Crippen LogP) is 3.50. The van der Waals surface area contributed by atoms with Crippen molar-refractivity contribution >= 4 is 17.5 Å². The average Bonchev–Trinajstić information content (AvgIpc) is 2.51. The van der Waals surface area contributed by atoms with E-state index in [0.29, 0.717) is 12.5 Å². The predicted molar refractivity (Wildman–Crippen MR) is 76.4 cm³/mol. The summed E-state index contributed by atoms with van der Waals surface area (Å²) >= 11 is 0. The summed E-state index contributed by atoms with van der Waals surface area (Å²) < 4.78 is 21.2. The zero-order valence-corrected chi connectivity index (χ0v) is 12.5. The molecule has 1 unspecified atom stereocenters. The monoisotopic (exact) mass is 330 g/mol. The highest BCUT2D eigenvalue weighted by Crippen LogP contribution is 2.40. The number of ether oxygens (including phenoxy) is 2. The molecule has 1 aromatic carbocycles. The number of non-ortho nitro benzene ring substituents is 1. The second kappa shape index (κ2) is 8.01. The number of nitrogens with zero attached hydrogens (tertiary/aromatic N) is 2. The van der Waals surface area contributed by atoms with Crippen LogP contribution in [0.3, 0.4) is 0 Å². The summed E-state index contributed by atoms with van der Waals surface area (Å²) in [5, 5.41) is 22.1. The van der Waals surface area contributed by atoms with E-state index in [1.54, 1.807) is 13.8 Å². The van der Waals surface area contributed by atoms with Crippen LogP contribution in [-0.2, 0) is 4.74 Å². The lowest BCUT2D eigenvalue weighted by atomic mass is 9.96. The molecule has 126 valence electrons. The Bertz CT molecular complexity index is 621. The largest absolute Gasteiger partial charge is 0.514 e. The van der Waals surface area contributed by atoms with Gasteiger partial charge in [-0.25, -0.2) is 9.18 Å². The molecule has 1 rings (SSSR count). The van der Waals surface area contributed by atoms with E-state index in [2.05, 4.69) is 4.74 Å². The number of nitro benzene ring substituents is 2. The van der Waals surface area contributed by atoms with Gasteiger partial charge >= 0.3 is 11.8 Å². The van der Waals surface area contributed by atoms with Crippen molar-refractivity contribution in [3.05, 3.63) is 37.9 Å². The fourth-order valence-corrected chi connectivity index (χ4v) is 1.79. The summed E-state index contributed by atoms with van der Waals surface area (Å²) in [7, 11) is 0. The van der Waals surface area contributed by atoms with Gasteiger partial charge in [-0.3, -0.25) is 20.2 Å². The molecule has 10 heteroatoms. The van der Waals surface area contributed by atoms with Gasteiger partial charge in [-0.05, 0) is 12.3 Å². The van der Waals surface area contributed by atoms with Gasteiger partial charge in [-0.2, -0.15) is 0 Å². The molecule has 0 heterocycles. The number of alkyl halides is 1. The lowest BCUT2D eigenvalue weighted by molar-refractivity contribution is -0.394. The molecule has 1 aromatic rings. The Kier molecular flexibility index (Phi) is 6.36. The molecule has 9 nitrogen and oxygen atoms in total. The number of hydrogen-bond acceptors (Lipinski definition) is 7. The van der Waals surface area contributed by atoms with Crippen LogP contribution in [0.15, 0.2) is 12.1 Å². The first-order valence-electron chi connectivity index (χ1n) is 6.69. The molecular formula is C13H15FN2O7. The van der Waals surface area contributed by atoms with Gasteiger partial charge < -0.3 is 9.47 Å². The van der Waals surface area contributed by atoms with Crippen LogP contribution in [0.4, 0.5) is 20.6 Å². The van der Waals surface area contributed by atoms with Crippen molar-refractivity contribution in [2.45, 2.75) is 26.2 Å². The molecule has 0 bridgehead atoms. The smallest absolute Gasteiger partial charge is 0.431 e. The van der Waals surface area contributed by atoms with E-state index in [0.717, 1.165) is 6.07 Å². The van der Waals surface area contributed by atoms with Crippen molar-refractivity contribution in [3.8, 4) is 5.75 Å². The number of benzene rings is 1. The third kappa shape index (κ3) is 4.59. The van der Waals surface area contributed by atoms with Gasteiger partial charge in [0.15, 0.2) is 0 Å². The van der Waals surface area contributed by atoms with Gasteiger partial charge in [-0.15, -0.1) is 0 Å². The molecule has 0 saturated carbocycles. The van der Waals surface area contributed by atoms with E-state index in [1.807, 2.05) is 0 Å². The first kappa shape index (κ1) is 18.3. The Morgan fingerprint density at radius 3 is 2.43 bits per heavy atom. The first-order chi connectivity index (χ1) is 10.8. The molecule has 0 aromatic heterocycles. The maximum Gasteiger partial charge on any atom is 0.514 e. The molecule has 0 spiro atoms. The minimum absolute atomic E-state index is 0.130. The SMILES string of the molecule is CCC(C)c1cc([N+](=O)[O-])cc([N+](=O)[O-])c1OC(=O)OCCF. The van der Waals surface area contributed by atoms with Crippen LogP contribution >= 0.6 is 0 Å². The van der Waals surface area contributed by atoms with E-state index >= 15 is 0 Å². The van der Waals surface area contributed by atoms with Crippen LogP contribution < -0.4 is 4.74 Å². The molecule has 0 fully saturated rings. The number of carbonyl (C=O) groups is 1. The normalized spacial score (nSPS) is 11.6. The van der Waals surface area contributed by atoms with Crippen molar-refractivity contribution in [3.63, 3.8) is 0 Å². The summed E-state index contributed by atoms with van der Waals surface area (Å²) in [6.07, 6.45) is -0.821. The third-order valence-corrected chi connectivity index (χ3v) is 3.12. The van der Waals surface area contributed by atoms with E-state index in [1.165, 1.54) is 0 Å². The second-order valence-electron chi connectivity index (χ2n) is 4.60. The summed E-state index contributed by atoms with van der Waals surface area (Å²) in [5.74, 6) is -0.781. The number of carbonyl (C=O) groups excluding carboxylic acids is 1. The Morgan fingerprint density at radius 2 is 1.96 bits per heavy atom. The number of halogens is 1. The van der Waals surface area contributed by atoms with Crippen LogP contribution in [0.25, 0.3) is 0 Å². The highest BCUT2D eigenvalue weighted by atomic mass is 19.1. The Labute approximate surface area is 130 Å². The zero-order valence-electron chi connectivity index (χ0n) is 12.5. The average molecular weight is 330 g/mol. The summed E-state index contributed by atoms with van der Waals surface area (Å²) in [6.45, 7) is 1.94. The van der Waals surface area contributed by atoms with Crippen molar-refractivity contribution in [2.24, 2.45) is 0 Å². The van der Waals surface area contributed by atoms with Crippen LogP contribution in [0.5, 0.6) is 5.75 Å². The van der Waals surface area contributed by atoms with Crippen LogP contribution in [-0.4, -0.2) is 29.3 Å². The molecule has 0 N–H and O–H groups in total. The minimum atomic E-state index is -1.32. The molecule has 0 amide bonds. The maximum atomic E-state index is 12.0. The Balaban J connectivity index is 3.40. The fourth-order valence-electron chi connectivity index (χ4n) is 1.79. The standard InChI is InChI=1S/C13H15FN2O7/c1-3-8(2)10-6-9(15(18)19)7-11(16(20)21)12(10)23-13(17)22-5-4-14/h6-8H,3-5H2,1-2H3. The molecular weight excluding hydrogens is 315 g/mol. The Hall–Kier alpha value is -2.78. The molecule has 0 aliphatic heterocycles. The summed E-state index contributed by atoms with van der Waals surface area (Å²) in [5.41, 5.74) is -1.09. The molecule has 0 radical (unpaired) electrons. The van der Waals surface area contributed by atoms with Gasteiger partial charge in [-0.1, -0.05) is 13.8 Å². The lowest BCUT2D eigenvalue weighted by Gasteiger charge is -2.14. The molecule has 0 saturated heterocycles. The lowest BCUT2D eigenvalue weighted by Crippen LogP contribution is -2.15. The fraction of sp³-hybridized carbons (Fsp3) is 0.462. The number of hydrogen-bond donors (Lipinski definition) is 0. The van der Waals surface area contributed by atoms with Crippen LogP contribution in [0, 0.1) is 20.2 Å². The quantitative estimate of drug-likeness (QED) is 0.324. The molecule has 23 heavy (non-hydrogen) atoms. The third-order valence-electron chi connectivity index (χ3n) is 3.12. The summed E-state index contributed by atoms with van der Waals surface area (Å²) in [6, 6.07) is 1.81. The van der Waals surface area contributed by atoms with E-state index in [4.69, 9.17) is 4.74 Å². The van der Waals surface area contributed by atoms with Crippen molar-refractivity contribution in [1.82, 2.24) is 0 Å². The minimum Gasteiger partial charge on any atom is -0.431 e. The van der Waals surface area contributed by atoms with Crippen LogP contribution in [0.2, 0.25) is 0 Å². The molecule has 0 aliphatic rings. The highest BCUT2D eigenvalue weighted by Gasteiger charge is 2.29. The molecule has 0 aliphatic carbocycles. The second-order valence-corrected chi connectivity index (χ2v) is 4.60. The van der Waals surface area contributed by atoms with Gasteiger partial charge in [0.1, 0.15) is 13.3 Å². The number of nitro groups is 2. The summed E-state index contributed by atoms with van der Waals surface area (Å²) in [4.78, 5) is 31.9. The van der Waals surface area contributed by atoms with Crippen molar-refractivity contribution < 1.29 is 28.5 Å². The Morgan fingerprint density at radius 1 is 1.30 bits per heavy atom. The first-order valence-corrected chi connectivity index (χ1v) is 6.69. The maximum absolute atomic E-state index is 12.0. The van der Waals surface area contributed by atoms with Crippen molar-refractivity contribution in [1.29, 1.82) is 0 Å². The van der Waals surface area contributed by atoms with E-state index < -0.39 is 46.4 Å². The van der Waals surface area contributed by atoms with Gasteiger partial charge in [0, 0.05) is 11.6 Å². The van der Waals surface area contributed by atoms with Crippen LogP contribution in [0.1, 0.15) is 31.7 Å². The zero-order chi connectivity index (χ0) is 17.6.